The largest absolute Gasteiger partial charge is 0.480 e. The molecule has 1 saturated heterocycles. The smallest absolute Gasteiger partial charge is 0.322 e. The van der Waals surface area contributed by atoms with Gasteiger partial charge in [-0.1, -0.05) is 11.6 Å². The Morgan fingerprint density at radius 2 is 2.20 bits per heavy atom. The van der Waals surface area contributed by atoms with E-state index in [-0.39, 0.29) is 28.4 Å². The second-order valence-corrected chi connectivity index (χ2v) is 6.66. The van der Waals surface area contributed by atoms with Crippen molar-refractivity contribution in [2.75, 3.05) is 6.54 Å². The third-order valence-corrected chi connectivity index (χ3v) is 5.32. The normalized spacial score (nSPS) is 19.7. The Morgan fingerprint density at radius 1 is 1.50 bits per heavy atom. The maximum Gasteiger partial charge on any atom is 0.322 e. The van der Waals surface area contributed by atoms with Crippen molar-refractivity contribution in [3.8, 4) is 6.07 Å². The molecule has 0 bridgehead atoms. The van der Waals surface area contributed by atoms with Gasteiger partial charge in [-0.2, -0.15) is 9.57 Å². The zero-order chi connectivity index (χ0) is 14.9. The van der Waals surface area contributed by atoms with Gasteiger partial charge < -0.3 is 5.11 Å². The van der Waals surface area contributed by atoms with Crippen molar-refractivity contribution in [3.63, 3.8) is 0 Å². The lowest BCUT2D eigenvalue weighted by atomic mass is 10.2. The summed E-state index contributed by atoms with van der Waals surface area (Å²) in [6.07, 6.45) is 0.732. The molecular weight excluding hydrogens is 304 g/mol. The van der Waals surface area contributed by atoms with Crippen LogP contribution in [-0.4, -0.2) is 36.4 Å². The van der Waals surface area contributed by atoms with Crippen molar-refractivity contribution in [1.82, 2.24) is 4.31 Å². The van der Waals surface area contributed by atoms with Crippen LogP contribution in [0.25, 0.3) is 0 Å². The molecule has 106 valence electrons. The van der Waals surface area contributed by atoms with E-state index in [9.17, 15) is 13.2 Å². The Bertz CT molecular complexity index is 696. The van der Waals surface area contributed by atoms with Gasteiger partial charge >= 0.3 is 5.97 Å². The number of aliphatic carboxylic acids is 1. The van der Waals surface area contributed by atoms with Gasteiger partial charge in [-0.15, -0.1) is 0 Å². The predicted octanol–water partition coefficient (Wildman–Crippen LogP) is 1.45. The van der Waals surface area contributed by atoms with Crippen molar-refractivity contribution in [3.05, 3.63) is 28.8 Å². The van der Waals surface area contributed by atoms with E-state index in [1.165, 1.54) is 18.2 Å². The number of hydrogen-bond donors (Lipinski definition) is 1. The van der Waals surface area contributed by atoms with E-state index in [4.69, 9.17) is 22.0 Å². The van der Waals surface area contributed by atoms with E-state index in [0.717, 1.165) is 4.31 Å². The molecule has 1 aliphatic heterocycles. The molecule has 1 aromatic rings. The molecular formula is C12H11ClN2O4S. The zero-order valence-corrected chi connectivity index (χ0v) is 11.9. The van der Waals surface area contributed by atoms with Gasteiger partial charge in [0.2, 0.25) is 10.0 Å². The average molecular weight is 315 g/mol. The van der Waals surface area contributed by atoms with Crippen molar-refractivity contribution in [2.45, 2.75) is 23.8 Å². The van der Waals surface area contributed by atoms with Gasteiger partial charge in [-0.3, -0.25) is 4.79 Å². The summed E-state index contributed by atoms with van der Waals surface area (Å²) in [5, 5.41) is 18.3. The minimum Gasteiger partial charge on any atom is -0.480 e. The van der Waals surface area contributed by atoms with Gasteiger partial charge in [-0.05, 0) is 31.0 Å². The number of benzene rings is 1. The Hall–Kier alpha value is -1.62. The molecule has 1 aliphatic rings. The molecule has 0 saturated carbocycles. The number of nitrogens with zero attached hydrogens (tertiary/aromatic N) is 2. The fourth-order valence-corrected chi connectivity index (χ4v) is 4.26. The van der Waals surface area contributed by atoms with Crippen LogP contribution in [0.3, 0.4) is 0 Å². The monoisotopic (exact) mass is 314 g/mol. The van der Waals surface area contributed by atoms with E-state index in [1.54, 1.807) is 6.07 Å². The second-order valence-electron chi connectivity index (χ2n) is 4.36. The summed E-state index contributed by atoms with van der Waals surface area (Å²) in [4.78, 5) is 10.9. The summed E-state index contributed by atoms with van der Waals surface area (Å²) in [5.74, 6) is -1.19. The lowest BCUT2D eigenvalue weighted by Crippen LogP contribution is -2.40. The summed E-state index contributed by atoms with van der Waals surface area (Å²) in [7, 11) is -4.05. The number of hydrogen-bond acceptors (Lipinski definition) is 4. The van der Waals surface area contributed by atoms with E-state index >= 15 is 0 Å². The highest BCUT2D eigenvalue weighted by atomic mass is 35.5. The van der Waals surface area contributed by atoms with E-state index in [2.05, 4.69) is 0 Å². The van der Waals surface area contributed by atoms with E-state index in [0.29, 0.717) is 6.42 Å². The molecule has 8 heteroatoms. The van der Waals surface area contributed by atoms with Gasteiger partial charge in [-0.25, -0.2) is 8.42 Å². The molecule has 1 fully saturated rings. The quantitative estimate of drug-likeness (QED) is 0.910. The number of carboxylic acids is 1. The van der Waals surface area contributed by atoms with Gasteiger partial charge in [0.05, 0.1) is 5.56 Å². The topological polar surface area (TPSA) is 98.5 Å². The molecule has 20 heavy (non-hydrogen) atoms. The first-order valence-corrected chi connectivity index (χ1v) is 7.64. The van der Waals surface area contributed by atoms with Crippen LogP contribution in [0.15, 0.2) is 23.1 Å². The van der Waals surface area contributed by atoms with Crippen molar-refractivity contribution in [2.24, 2.45) is 0 Å². The molecule has 0 aromatic heterocycles. The number of carbonyl (C=O) groups is 1. The summed E-state index contributed by atoms with van der Waals surface area (Å²) in [6, 6.07) is 4.59. The second kappa shape index (κ2) is 5.40. The first kappa shape index (κ1) is 14.8. The first-order valence-electron chi connectivity index (χ1n) is 5.82. The molecule has 1 N–H and O–H groups in total. The standard InChI is InChI=1S/C12H11ClN2O4S/c13-9-4-3-8(7-14)11(6-9)20(18,19)15-5-1-2-10(15)12(16)17/h3-4,6,10H,1-2,5H2,(H,16,17). The first-order chi connectivity index (χ1) is 9.37. The maximum absolute atomic E-state index is 12.5. The summed E-state index contributed by atoms with van der Waals surface area (Å²) >= 11 is 5.78. The van der Waals surface area contributed by atoms with Gasteiger partial charge in [0, 0.05) is 11.6 Å². The molecule has 1 aromatic carbocycles. The van der Waals surface area contributed by atoms with Crippen molar-refractivity contribution in [1.29, 1.82) is 5.26 Å². The van der Waals surface area contributed by atoms with Crippen LogP contribution in [0.5, 0.6) is 0 Å². The Morgan fingerprint density at radius 3 is 2.80 bits per heavy atom. The number of carboxylic acid groups (broad SMARTS) is 1. The number of rotatable bonds is 3. The minimum absolute atomic E-state index is 0.0505. The van der Waals surface area contributed by atoms with Crippen LogP contribution in [0, 0.1) is 11.3 Å². The van der Waals surface area contributed by atoms with Crippen molar-refractivity contribution >= 4 is 27.6 Å². The lowest BCUT2D eigenvalue weighted by Gasteiger charge is -2.21. The van der Waals surface area contributed by atoms with Gasteiger partial charge in [0.25, 0.3) is 0 Å². The highest BCUT2D eigenvalue weighted by Crippen LogP contribution is 2.29. The maximum atomic E-state index is 12.5. The van der Waals surface area contributed by atoms with Crippen LogP contribution in [-0.2, 0) is 14.8 Å². The Labute approximate surface area is 121 Å². The highest BCUT2D eigenvalue weighted by molar-refractivity contribution is 7.89. The van der Waals surface area contributed by atoms with Gasteiger partial charge in [0.15, 0.2) is 0 Å². The third-order valence-electron chi connectivity index (χ3n) is 3.14. The average Bonchev–Trinajstić information content (AvgIpc) is 2.88. The molecule has 0 spiro atoms. The molecule has 1 unspecified atom stereocenters. The molecule has 1 atom stereocenters. The van der Waals surface area contributed by atoms with Crippen LogP contribution in [0.4, 0.5) is 0 Å². The molecule has 1 heterocycles. The SMILES string of the molecule is N#Cc1ccc(Cl)cc1S(=O)(=O)N1CCCC1C(=O)O. The Kier molecular flexibility index (Phi) is 3.99. The fraction of sp³-hybridized carbons (Fsp3) is 0.333. The molecule has 0 aliphatic carbocycles. The minimum atomic E-state index is -4.05. The van der Waals surface area contributed by atoms with Crippen LogP contribution >= 0.6 is 11.6 Å². The van der Waals surface area contributed by atoms with Crippen molar-refractivity contribution < 1.29 is 18.3 Å². The summed E-state index contributed by atoms with van der Waals surface area (Å²) in [6.45, 7) is 0.122. The molecule has 2 rings (SSSR count). The molecule has 0 radical (unpaired) electrons. The number of halogens is 1. The zero-order valence-electron chi connectivity index (χ0n) is 10.3. The van der Waals surface area contributed by atoms with Crippen LogP contribution in [0.1, 0.15) is 18.4 Å². The lowest BCUT2D eigenvalue weighted by molar-refractivity contribution is -0.140. The molecule has 6 nitrogen and oxygen atoms in total. The highest BCUT2D eigenvalue weighted by Gasteiger charge is 2.40. The number of nitriles is 1. The Balaban J connectivity index is 2.54. The van der Waals surface area contributed by atoms with E-state index in [1.807, 2.05) is 0 Å². The van der Waals surface area contributed by atoms with Crippen LogP contribution < -0.4 is 0 Å². The van der Waals surface area contributed by atoms with E-state index < -0.39 is 22.0 Å². The third kappa shape index (κ3) is 2.50. The summed E-state index contributed by atoms with van der Waals surface area (Å²) in [5.41, 5.74) is -0.0505. The summed E-state index contributed by atoms with van der Waals surface area (Å²) < 4.78 is 26.0. The molecule has 0 amide bonds. The fourth-order valence-electron chi connectivity index (χ4n) is 2.20. The predicted molar refractivity (Wildman–Crippen MR) is 70.7 cm³/mol. The van der Waals surface area contributed by atoms with Crippen LogP contribution in [0.2, 0.25) is 5.02 Å². The van der Waals surface area contributed by atoms with Gasteiger partial charge in [0.1, 0.15) is 17.0 Å². The number of sulfonamides is 1.